The van der Waals surface area contributed by atoms with E-state index in [1.54, 1.807) is 0 Å². The fourth-order valence-electron chi connectivity index (χ4n) is 1.78. The highest BCUT2D eigenvalue weighted by Crippen LogP contribution is 2.50. The molecule has 0 aliphatic heterocycles. The highest BCUT2D eigenvalue weighted by Gasteiger charge is 2.45. The molecule has 0 spiro atoms. The minimum absolute atomic E-state index is 0.0758. The Bertz CT molecular complexity index is 226. The predicted molar refractivity (Wildman–Crippen MR) is 62.6 cm³/mol. The number of amides is 1. The normalized spacial score (nSPS) is 24.7. The van der Waals surface area contributed by atoms with Crippen molar-refractivity contribution < 1.29 is 4.79 Å². The Labute approximate surface area is 93.0 Å². The average Bonchev–Trinajstić information content (AvgIpc) is 2.79. The van der Waals surface area contributed by atoms with Crippen LogP contribution in [-0.4, -0.2) is 25.5 Å². The van der Waals surface area contributed by atoms with Gasteiger partial charge in [-0.3, -0.25) is 4.79 Å². The first-order valence-electron chi connectivity index (χ1n) is 5.95. The van der Waals surface area contributed by atoms with Gasteiger partial charge in [-0.05, 0) is 24.3 Å². The second-order valence-electron chi connectivity index (χ2n) is 5.34. The summed E-state index contributed by atoms with van der Waals surface area (Å²) in [4.78, 5) is 11.6. The molecule has 3 heteroatoms. The van der Waals surface area contributed by atoms with Gasteiger partial charge in [-0.25, -0.2) is 0 Å². The first kappa shape index (κ1) is 12.5. The molecule has 0 radical (unpaired) electrons. The standard InChI is InChI=1S/C12H24N2O/c1-5-13-7-9(2)11(15)14-8-10-6-12(10,3)4/h9-10,13H,5-8H2,1-4H3,(H,14,15). The van der Waals surface area contributed by atoms with Gasteiger partial charge in [-0.15, -0.1) is 0 Å². The molecule has 2 unspecified atom stereocenters. The highest BCUT2D eigenvalue weighted by molar-refractivity contribution is 5.78. The van der Waals surface area contributed by atoms with Gasteiger partial charge in [0.15, 0.2) is 0 Å². The lowest BCUT2D eigenvalue weighted by molar-refractivity contribution is -0.124. The lowest BCUT2D eigenvalue weighted by Gasteiger charge is -2.12. The summed E-state index contributed by atoms with van der Waals surface area (Å²) in [6.07, 6.45) is 1.24. The minimum Gasteiger partial charge on any atom is -0.356 e. The van der Waals surface area contributed by atoms with Crippen molar-refractivity contribution in [2.45, 2.75) is 34.1 Å². The summed E-state index contributed by atoms with van der Waals surface area (Å²) in [7, 11) is 0. The topological polar surface area (TPSA) is 41.1 Å². The molecule has 0 heterocycles. The number of rotatable bonds is 6. The van der Waals surface area contributed by atoms with Gasteiger partial charge in [0.05, 0.1) is 0 Å². The predicted octanol–water partition coefficient (Wildman–Crippen LogP) is 1.39. The van der Waals surface area contributed by atoms with E-state index >= 15 is 0 Å². The SMILES string of the molecule is CCNCC(C)C(=O)NCC1CC1(C)C. The maximum atomic E-state index is 11.6. The molecule has 1 aliphatic carbocycles. The number of hydrogen-bond donors (Lipinski definition) is 2. The van der Waals surface area contributed by atoms with E-state index in [1.165, 1.54) is 6.42 Å². The third-order valence-corrected chi connectivity index (χ3v) is 3.39. The summed E-state index contributed by atoms with van der Waals surface area (Å²) in [5, 5.41) is 6.22. The van der Waals surface area contributed by atoms with Crippen LogP contribution in [0.3, 0.4) is 0 Å². The highest BCUT2D eigenvalue weighted by atomic mass is 16.1. The second kappa shape index (κ2) is 4.97. The number of nitrogens with one attached hydrogen (secondary N) is 2. The van der Waals surface area contributed by atoms with E-state index in [-0.39, 0.29) is 11.8 Å². The quantitative estimate of drug-likeness (QED) is 0.698. The smallest absolute Gasteiger partial charge is 0.224 e. The molecule has 2 atom stereocenters. The van der Waals surface area contributed by atoms with E-state index in [0.717, 1.165) is 19.6 Å². The van der Waals surface area contributed by atoms with Gasteiger partial charge in [0.25, 0.3) is 0 Å². The molecular formula is C12H24N2O. The largest absolute Gasteiger partial charge is 0.356 e. The summed E-state index contributed by atoms with van der Waals surface area (Å²) in [5.74, 6) is 0.943. The second-order valence-corrected chi connectivity index (χ2v) is 5.34. The zero-order chi connectivity index (χ0) is 11.5. The molecular weight excluding hydrogens is 188 g/mol. The molecule has 1 aliphatic rings. The Morgan fingerprint density at radius 3 is 2.60 bits per heavy atom. The summed E-state index contributed by atoms with van der Waals surface area (Å²) in [6, 6.07) is 0. The van der Waals surface area contributed by atoms with Gasteiger partial charge >= 0.3 is 0 Å². The van der Waals surface area contributed by atoms with Crippen molar-refractivity contribution in [1.29, 1.82) is 0 Å². The number of carbonyl (C=O) groups is 1. The van der Waals surface area contributed by atoms with Crippen molar-refractivity contribution in [3.63, 3.8) is 0 Å². The van der Waals surface area contributed by atoms with Gasteiger partial charge in [0, 0.05) is 19.0 Å². The van der Waals surface area contributed by atoms with E-state index in [0.29, 0.717) is 11.3 Å². The van der Waals surface area contributed by atoms with E-state index in [1.807, 2.05) is 6.92 Å². The van der Waals surface area contributed by atoms with Gasteiger partial charge in [0.1, 0.15) is 0 Å². The maximum absolute atomic E-state index is 11.6. The molecule has 0 aromatic carbocycles. The first-order chi connectivity index (χ1) is 6.97. The molecule has 0 aromatic rings. The van der Waals surface area contributed by atoms with Crippen molar-refractivity contribution in [2.24, 2.45) is 17.3 Å². The van der Waals surface area contributed by atoms with Crippen molar-refractivity contribution >= 4 is 5.91 Å². The molecule has 1 amide bonds. The molecule has 0 bridgehead atoms. The van der Waals surface area contributed by atoms with E-state index < -0.39 is 0 Å². The molecule has 2 N–H and O–H groups in total. The Morgan fingerprint density at radius 1 is 1.53 bits per heavy atom. The van der Waals surface area contributed by atoms with Crippen LogP contribution in [0, 0.1) is 17.3 Å². The molecule has 0 aromatic heterocycles. The third kappa shape index (κ3) is 3.82. The Kier molecular flexibility index (Phi) is 4.14. The lowest BCUT2D eigenvalue weighted by Crippen LogP contribution is -2.36. The van der Waals surface area contributed by atoms with Gasteiger partial charge in [-0.2, -0.15) is 0 Å². The van der Waals surface area contributed by atoms with Crippen LogP contribution in [-0.2, 0) is 4.79 Å². The number of hydrogen-bond acceptors (Lipinski definition) is 2. The maximum Gasteiger partial charge on any atom is 0.224 e. The summed E-state index contributed by atoms with van der Waals surface area (Å²) >= 11 is 0. The van der Waals surface area contributed by atoms with Crippen LogP contribution in [0.25, 0.3) is 0 Å². The van der Waals surface area contributed by atoms with Gasteiger partial charge in [0.2, 0.25) is 5.91 Å². The molecule has 88 valence electrons. The Hall–Kier alpha value is -0.570. The molecule has 1 rings (SSSR count). The molecule has 3 nitrogen and oxygen atoms in total. The van der Waals surface area contributed by atoms with Crippen LogP contribution >= 0.6 is 0 Å². The molecule has 1 fully saturated rings. The van der Waals surface area contributed by atoms with E-state index in [9.17, 15) is 4.79 Å². The van der Waals surface area contributed by atoms with E-state index in [4.69, 9.17) is 0 Å². The van der Waals surface area contributed by atoms with Crippen molar-refractivity contribution in [1.82, 2.24) is 10.6 Å². The first-order valence-corrected chi connectivity index (χ1v) is 5.95. The summed E-state index contributed by atoms with van der Waals surface area (Å²) in [6.45, 7) is 11.1. The average molecular weight is 212 g/mol. The van der Waals surface area contributed by atoms with Gasteiger partial charge < -0.3 is 10.6 Å². The van der Waals surface area contributed by atoms with Crippen LogP contribution in [0.2, 0.25) is 0 Å². The van der Waals surface area contributed by atoms with Crippen LogP contribution in [0.5, 0.6) is 0 Å². The summed E-state index contributed by atoms with van der Waals surface area (Å²) < 4.78 is 0. The third-order valence-electron chi connectivity index (χ3n) is 3.39. The van der Waals surface area contributed by atoms with Crippen molar-refractivity contribution in [2.75, 3.05) is 19.6 Å². The summed E-state index contributed by atoms with van der Waals surface area (Å²) in [5.41, 5.74) is 0.457. The molecule has 1 saturated carbocycles. The fourth-order valence-corrected chi connectivity index (χ4v) is 1.78. The number of carbonyl (C=O) groups excluding carboxylic acids is 1. The monoisotopic (exact) mass is 212 g/mol. The fraction of sp³-hybridized carbons (Fsp3) is 0.917. The van der Waals surface area contributed by atoms with Crippen LogP contribution < -0.4 is 10.6 Å². The zero-order valence-corrected chi connectivity index (χ0v) is 10.4. The van der Waals surface area contributed by atoms with Crippen LogP contribution in [0.15, 0.2) is 0 Å². The van der Waals surface area contributed by atoms with Crippen molar-refractivity contribution in [3.8, 4) is 0 Å². The molecule has 15 heavy (non-hydrogen) atoms. The van der Waals surface area contributed by atoms with Crippen molar-refractivity contribution in [3.05, 3.63) is 0 Å². The Balaban J connectivity index is 2.13. The zero-order valence-electron chi connectivity index (χ0n) is 10.4. The van der Waals surface area contributed by atoms with E-state index in [2.05, 4.69) is 31.4 Å². The van der Waals surface area contributed by atoms with Crippen LogP contribution in [0.1, 0.15) is 34.1 Å². The molecule has 0 saturated heterocycles. The van der Waals surface area contributed by atoms with Gasteiger partial charge in [-0.1, -0.05) is 27.7 Å². The minimum atomic E-state index is 0.0758. The van der Waals surface area contributed by atoms with Crippen LogP contribution in [0.4, 0.5) is 0 Å². The Morgan fingerprint density at radius 2 is 2.13 bits per heavy atom. The lowest BCUT2D eigenvalue weighted by atomic mass is 10.1.